The molecular formula is C16H15N3O2. The van der Waals surface area contributed by atoms with Crippen LogP contribution in [0.4, 0.5) is 5.69 Å². The summed E-state index contributed by atoms with van der Waals surface area (Å²) in [6, 6.07) is 12.8. The molecule has 5 nitrogen and oxygen atoms in total. The van der Waals surface area contributed by atoms with Crippen molar-refractivity contribution in [2.24, 2.45) is 7.05 Å². The van der Waals surface area contributed by atoms with Crippen LogP contribution in [0.15, 0.2) is 48.8 Å². The SMILES string of the molecule is COc1ccccc1NC(=O)c1ccc2c(c1)ncn2C. The highest BCUT2D eigenvalue weighted by atomic mass is 16.5. The summed E-state index contributed by atoms with van der Waals surface area (Å²) in [7, 11) is 3.49. The number of amides is 1. The van der Waals surface area contributed by atoms with Crippen molar-refractivity contribution in [2.45, 2.75) is 0 Å². The van der Waals surface area contributed by atoms with E-state index in [1.807, 2.05) is 29.8 Å². The quantitative estimate of drug-likeness (QED) is 0.803. The number of aromatic nitrogens is 2. The zero-order valence-electron chi connectivity index (χ0n) is 11.8. The number of aryl methyl sites for hydroxylation is 1. The fourth-order valence-electron chi connectivity index (χ4n) is 2.22. The van der Waals surface area contributed by atoms with Crippen molar-refractivity contribution in [3.63, 3.8) is 0 Å². The molecule has 0 spiro atoms. The monoisotopic (exact) mass is 281 g/mol. The molecule has 1 amide bonds. The Labute approximate surface area is 122 Å². The van der Waals surface area contributed by atoms with Crippen molar-refractivity contribution in [2.75, 3.05) is 12.4 Å². The van der Waals surface area contributed by atoms with Gasteiger partial charge >= 0.3 is 0 Å². The van der Waals surface area contributed by atoms with Crippen LogP contribution in [0.5, 0.6) is 5.75 Å². The maximum atomic E-state index is 12.3. The third-order valence-corrected chi connectivity index (χ3v) is 3.34. The summed E-state index contributed by atoms with van der Waals surface area (Å²) in [6.07, 6.45) is 1.73. The molecule has 0 unspecified atom stereocenters. The summed E-state index contributed by atoms with van der Waals surface area (Å²) in [5.41, 5.74) is 2.99. The summed E-state index contributed by atoms with van der Waals surface area (Å²) >= 11 is 0. The number of nitrogens with zero attached hydrogens (tertiary/aromatic N) is 2. The van der Waals surface area contributed by atoms with E-state index in [0.29, 0.717) is 17.0 Å². The predicted molar refractivity (Wildman–Crippen MR) is 81.7 cm³/mol. The minimum Gasteiger partial charge on any atom is -0.495 e. The van der Waals surface area contributed by atoms with E-state index in [0.717, 1.165) is 11.0 Å². The molecule has 1 heterocycles. The average Bonchev–Trinajstić information content (AvgIpc) is 2.88. The number of hydrogen-bond acceptors (Lipinski definition) is 3. The highest BCUT2D eigenvalue weighted by molar-refractivity contribution is 6.06. The van der Waals surface area contributed by atoms with Crippen LogP contribution in [0.25, 0.3) is 11.0 Å². The van der Waals surface area contributed by atoms with Gasteiger partial charge in [0.1, 0.15) is 5.75 Å². The molecule has 0 aliphatic carbocycles. The second-order valence-corrected chi connectivity index (χ2v) is 4.71. The van der Waals surface area contributed by atoms with Gasteiger partial charge in [-0.25, -0.2) is 4.98 Å². The van der Waals surface area contributed by atoms with Gasteiger partial charge < -0.3 is 14.6 Å². The van der Waals surface area contributed by atoms with E-state index in [4.69, 9.17) is 4.74 Å². The fourth-order valence-corrected chi connectivity index (χ4v) is 2.22. The molecule has 0 saturated heterocycles. The zero-order chi connectivity index (χ0) is 14.8. The second-order valence-electron chi connectivity index (χ2n) is 4.71. The Morgan fingerprint density at radius 3 is 2.86 bits per heavy atom. The third kappa shape index (κ3) is 2.45. The molecule has 106 valence electrons. The lowest BCUT2D eigenvalue weighted by atomic mass is 10.1. The van der Waals surface area contributed by atoms with Gasteiger partial charge in [0.2, 0.25) is 0 Å². The highest BCUT2D eigenvalue weighted by Crippen LogP contribution is 2.24. The van der Waals surface area contributed by atoms with Gasteiger partial charge in [-0.15, -0.1) is 0 Å². The molecular weight excluding hydrogens is 266 g/mol. The van der Waals surface area contributed by atoms with Crippen molar-refractivity contribution in [1.82, 2.24) is 9.55 Å². The van der Waals surface area contributed by atoms with Crippen LogP contribution in [0.1, 0.15) is 10.4 Å². The number of nitrogens with one attached hydrogen (secondary N) is 1. The normalized spacial score (nSPS) is 10.6. The van der Waals surface area contributed by atoms with Crippen LogP contribution >= 0.6 is 0 Å². The molecule has 3 rings (SSSR count). The topological polar surface area (TPSA) is 56.1 Å². The summed E-state index contributed by atoms with van der Waals surface area (Å²) in [5, 5.41) is 2.85. The Balaban J connectivity index is 1.90. The summed E-state index contributed by atoms with van der Waals surface area (Å²) in [5.74, 6) is 0.441. The largest absolute Gasteiger partial charge is 0.495 e. The van der Waals surface area contributed by atoms with Crippen molar-refractivity contribution in [1.29, 1.82) is 0 Å². The van der Waals surface area contributed by atoms with Gasteiger partial charge in [-0.1, -0.05) is 12.1 Å². The maximum Gasteiger partial charge on any atom is 0.255 e. The molecule has 0 aliphatic heterocycles. The first-order chi connectivity index (χ1) is 10.2. The van der Waals surface area contributed by atoms with Gasteiger partial charge in [-0.3, -0.25) is 4.79 Å². The van der Waals surface area contributed by atoms with E-state index in [-0.39, 0.29) is 5.91 Å². The number of imidazole rings is 1. The average molecular weight is 281 g/mol. The van der Waals surface area contributed by atoms with Crippen LogP contribution in [0.2, 0.25) is 0 Å². The number of rotatable bonds is 3. The van der Waals surface area contributed by atoms with Gasteiger partial charge in [0.15, 0.2) is 0 Å². The number of methoxy groups -OCH3 is 1. The second kappa shape index (κ2) is 5.28. The van der Waals surface area contributed by atoms with E-state index in [1.54, 1.807) is 37.7 Å². The van der Waals surface area contributed by atoms with Gasteiger partial charge in [-0.2, -0.15) is 0 Å². The molecule has 1 N–H and O–H groups in total. The number of hydrogen-bond donors (Lipinski definition) is 1. The molecule has 3 aromatic rings. The van der Waals surface area contributed by atoms with Crippen LogP contribution in [-0.2, 0) is 7.05 Å². The first-order valence-corrected chi connectivity index (χ1v) is 6.54. The molecule has 0 fully saturated rings. The molecule has 0 aliphatic rings. The van der Waals surface area contributed by atoms with Crippen LogP contribution in [0, 0.1) is 0 Å². The Kier molecular flexibility index (Phi) is 3.31. The van der Waals surface area contributed by atoms with Gasteiger partial charge in [-0.05, 0) is 30.3 Å². The Morgan fingerprint density at radius 1 is 1.24 bits per heavy atom. The first-order valence-electron chi connectivity index (χ1n) is 6.54. The number of benzene rings is 2. The number of fused-ring (bicyclic) bond motifs is 1. The molecule has 0 saturated carbocycles. The number of anilines is 1. The number of para-hydroxylation sites is 2. The molecule has 2 aromatic carbocycles. The number of ether oxygens (including phenoxy) is 1. The Hall–Kier alpha value is -2.82. The summed E-state index contributed by atoms with van der Waals surface area (Å²) in [6.45, 7) is 0. The molecule has 0 radical (unpaired) electrons. The smallest absolute Gasteiger partial charge is 0.255 e. The predicted octanol–water partition coefficient (Wildman–Crippen LogP) is 2.83. The van der Waals surface area contributed by atoms with Crippen molar-refractivity contribution in [3.05, 3.63) is 54.4 Å². The van der Waals surface area contributed by atoms with Gasteiger partial charge in [0, 0.05) is 12.6 Å². The van der Waals surface area contributed by atoms with Crippen molar-refractivity contribution in [3.8, 4) is 5.75 Å². The lowest BCUT2D eigenvalue weighted by molar-refractivity contribution is 0.102. The fraction of sp³-hybridized carbons (Fsp3) is 0.125. The molecule has 1 aromatic heterocycles. The number of carbonyl (C=O) groups is 1. The minimum atomic E-state index is -0.188. The summed E-state index contributed by atoms with van der Waals surface area (Å²) in [4.78, 5) is 16.6. The van der Waals surface area contributed by atoms with Gasteiger partial charge in [0.05, 0.1) is 30.2 Å². The molecule has 0 atom stereocenters. The molecule has 21 heavy (non-hydrogen) atoms. The van der Waals surface area contributed by atoms with Crippen molar-refractivity contribution >= 4 is 22.6 Å². The third-order valence-electron chi connectivity index (χ3n) is 3.34. The maximum absolute atomic E-state index is 12.3. The lowest BCUT2D eigenvalue weighted by Crippen LogP contribution is -2.12. The van der Waals surface area contributed by atoms with Crippen LogP contribution in [0.3, 0.4) is 0 Å². The van der Waals surface area contributed by atoms with Crippen LogP contribution < -0.4 is 10.1 Å². The van der Waals surface area contributed by atoms with E-state index in [9.17, 15) is 4.79 Å². The molecule has 0 bridgehead atoms. The van der Waals surface area contributed by atoms with Gasteiger partial charge in [0.25, 0.3) is 5.91 Å². The van der Waals surface area contributed by atoms with E-state index in [1.165, 1.54) is 0 Å². The van der Waals surface area contributed by atoms with E-state index < -0.39 is 0 Å². The minimum absolute atomic E-state index is 0.188. The first kappa shape index (κ1) is 13.2. The number of carbonyl (C=O) groups excluding carboxylic acids is 1. The highest BCUT2D eigenvalue weighted by Gasteiger charge is 2.11. The van der Waals surface area contributed by atoms with Crippen LogP contribution in [-0.4, -0.2) is 22.6 Å². The van der Waals surface area contributed by atoms with Crippen molar-refractivity contribution < 1.29 is 9.53 Å². The summed E-state index contributed by atoms with van der Waals surface area (Å²) < 4.78 is 7.14. The molecule has 5 heteroatoms. The lowest BCUT2D eigenvalue weighted by Gasteiger charge is -2.09. The van der Waals surface area contributed by atoms with E-state index in [2.05, 4.69) is 10.3 Å². The Bertz CT molecular complexity index is 808. The van der Waals surface area contributed by atoms with E-state index >= 15 is 0 Å². The standard InChI is InChI=1S/C16H15N3O2/c1-19-10-17-13-9-11(7-8-14(13)19)16(20)18-12-5-3-4-6-15(12)21-2/h3-10H,1-2H3,(H,18,20). The Morgan fingerprint density at radius 2 is 2.05 bits per heavy atom. The zero-order valence-corrected chi connectivity index (χ0v) is 11.8.